The highest BCUT2D eigenvalue weighted by Gasteiger charge is 2.14. The Morgan fingerprint density at radius 2 is 1.70 bits per heavy atom. The lowest BCUT2D eigenvalue weighted by Crippen LogP contribution is -2.31. The Kier molecular flexibility index (Phi) is 2.82. The maximum Gasteiger partial charge on any atom is 0.237 e. The van der Waals surface area contributed by atoms with Crippen molar-refractivity contribution in [2.45, 2.75) is 0 Å². The SMILES string of the molecule is c1ccc2[nH][n+](-c3ccc4[nH]c(-c5ccc6[nH]ccc6c5)nc4c3)cc2c1. The molecule has 0 aliphatic rings. The van der Waals surface area contributed by atoms with Crippen molar-refractivity contribution in [1.29, 1.82) is 0 Å². The first-order valence-corrected chi connectivity index (χ1v) is 8.91. The van der Waals surface area contributed by atoms with Crippen LogP contribution in [-0.4, -0.2) is 20.1 Å². The summed E-state index contributed by atoms with van der Waals surface area (Å²) in [6, 6.07) is 22.9. The number of para-hydroxylation sites is 1. The number of benzene rings is 3. The van der Waals surface area contributed by atoms with Crippen LogP contribution in [0.5, 0.6) is 0 Å². The van der Waals surface area contributed by atoms with Gasteiger partial charge >= 0.3 is 0 Å². The Morgan fingerprint density at radius 3 is 2.67 bits per heavy atom. The lowest BCUT2D eigenvalue weighted by atomic mass is 10.1. The lowest BCUT2D eigenvalue weighted by molar-refractivity contribution is -0.652. The molecule has 0 aliphatic carbocycles. The van der Waals surface area contributed by atoms with Crippen LogP contribution in [0.3, 0.4) is 0 Å². The van der Waals surface area contributed by atoms with Gasteiger partial charge in [-0.1, -0.05) is 16.8 Å². The van der Waals surface area contributed by atoms with E-state index in [4.69, 9.17) is 4.98 Å². The number of aromatic nitrogens is 5. The van der Waals surface area contributed by atoms with Crippen molar-refractivity contribution in [3.05, 3.63) is 79.1 Å². The molecule has 0 fully saturated rings. The summed E-state index contributed by atoms with van der Waals surface area (Å²) in [6.45, 7) is 0. The average Bonchev–Trinajstić information content (AvgIpc) is 3.42. The standard InChI is InChI=1S/C22H15N5/c1-2-4-19-16(3-1)13-27(26-19)17-6-8-20-21(12-17)25-22(24-20)15-5-7-18-14(11-15)9-10-23-18/h1-13H,(H2,23,24,25)/p+1. The summed E-state index contributed by atoms with van der Waals surface area (Å²) >= 11 is 0. The molecule has 6 rings (SSSR count). The monoisotopic (exact) mass is 350 g/mol. The van der Waals surface area contributed by atoms with Crippen molar-refractivity contribution in [2.24, 2.45) is 0 Å². The summed E-state index contributed by atoms with van der Waals surface area (Å²) in [5.74, 6) is 0.881. The van der Waals surface area contributed by atoms with Gasteiger partial charge in [0.05, 0.1) is 16.4 Å². The minimum absolute atomic E-state index is 0.881. The Labute approximate surface area is 154 Å². The molecule has 5 nitrogen and oxygen atoms in total. The van der Waals surface area contributed by atoms with Crippen LogP contribution >= 0.6 is 0 Å². The summed E-state index contributed by atoms with van der Waals surface area (Å²) in [5.41, 5.74) is 6.35. The zero-order valence-corrected chi connectivity index (χ0v) is 14.4. The summed E-state index contributed by atoms with van der Waals surface area (Å²) in [7, 11) is 0. The van der Waals surface area contributed by atoms with Crippen molar-refractivity contribution in [3.63, 3.8) is 0 Å². The molecule has 0 radical (unpaired) electrons. The third-order valence-corrected chi connectivity index (χ3v) is 5.04. The van der Waals surface area contributed by atoms with E-state index in [0.29, 0.717) is 0 Å². The van der Waals surface area contributed by atoms with Crippen molar-refractivity contribution >= 4 is 32.8 Å². The second-order valence-electron chi connectivity index (χ2n) is 6.76. The number of nitrogens with zero attached hydrogens (tertiary/aromatic N) is 2. The minimum Gasteiger partial charge on any atom is -0.361 e. The van der Waals surface area contributed by atoms with E-state index < -0.39 is 0 Å². The number of aromatic amines is 3. The maximum atomic E-state index is 4.82. The molecule has 5 heteroatoms. The van der Waals surface area contributed by atoms with Gasteiger partial charge in [-0.2, -0.15) is 5.10 Å². The molecule has 0 bridgehead atoms. The molecule has 3 aromatic heterocycles. The van der Waals surface area contributed by atoms with Gasteiger partial charge in [-0.25, -0.2) is 4.98 Å². The summed E-state index contributed by atoms with van der Waals surface area (Å²) in [6.07, 6.45) is 4.06. The molecular weight excluding hydrogens is 334 g/mol. The number of imidazole rings is 1. The van der Waals surface area contributed by atoms with Crippen molar-refractivity contribution in [3.8, 4) is 17.1 Å². The van der Waals surface area contributed by atoms with Gasteiger partial charge in [-0.15, -0.1) is 0 Å². The van der Waals surface area contributed by atoms with E-state index in [1.807, 2.05) is 23.0 Å². The minimum atomic E-state index is 0.881. The Morgan fingerprint density at radius 1 is 0.778 bits per heavy atom. The van der Waals surface area contributed by atoms with Crippen LogP contribution in [-0.2, 0) is 0 Å². The fraction of sp³-hybridized carbons (Fsp3) is 0. The van der Waals surface area contributed by atoms with Crippen LogP contribution in [0.15, 0.2) is 79.1 Å². The van der Waals surface area contributed by atoms with E-state index in [0.717, 1.165) is 39.1 Å². The van der Waals surface area contributed by atoms with Crippen LogP contribution in [0.2, 0.25) is 0 Å². The van der Waals surface area contributed by atoms with Crippen LogP contribution < -0.4 is 4.68 Å². The fourth-order valence-corrected chi connectivity index (χ4v) is 3.63. The van der Waals surface area contributed by atoms with Gasteiger partial charge in [0.15, 0.2) is 0 Å². The maximum absolute atomic E-state index is 4.82. The quantitative estimate of drug-likeness (QED) is 0.396. The van der Waals surface area contributed by atoms with E-state index >= 15 is 0 Å². The van der Waals surface area contributed by atoms with Crippen LogP contribution in [0.1, 0.15) is 0 Å². The zero-order valence-electron chi connectivity index (χ0n) is 14.4. The Hall–Kier alpha value is -3.86. The largest absolute Gasteiger partial charge is 0.361 e. The van der Waals surface area contributed by atoms with E-state index in [-0.39, 0.29) is 0 Å². The number of hydrogen-bond acceptors (Lipinski definition) is 1. The topological polar surface area (TPSA) is 64.1 Å². The van der Waals surface area contributed by atoms with Gasteiger partial charge in [-0.05, 0) is 42.5 Å². The summed E-state index contributed by atoms with van der Waals surface area (Å²) in [4.78, 5) is 11.5. The lowest BCUT2D eigenvalue weighted by Gasteiger charge is -1.96. The number of rotatable bonds is 2. The van der Waals surface area contributed by atoms with Gasteiger partial charge in [0, 0.05) is 34.8 Å². The molecule has 0 saturated heterocycles. The highest BCUT2D eigenvalue weighted by Crippen LogP contribution is 2.24. The Balaban J connectivity index is 1.46. The molecule has 3 N–H and O–H groups in total. The molecule has 0 aliphatic heterocycles. The third kappa shape index (κ3) is 2.25. The van der Waals surface area contributed by atoms with Crippen molar-refractivity contribution in [2.75, 3.05) is 0 Å². The molecule has 0 spiro atoms. The van der Waals surface area contributed by atoms with E-state index in [2.05, 4.69) is 75.9 Å². The van der Waals surface area contributed by atoms with E-state index in [1.54, 1.807) is 0 Å². The highest BCUT2D eigenvalue weighted by molar-refractivity contribution is 5.86. The van der Waals surface area contributed by atoms with E-state index in [1.165, 1.54) is 10.8 Å². The number of H-pyrrole nitrogens is 3. The van der Waals surface area contributed by atoms with Crippen LogP contribution in [0, 0.1) is 0 Å². The predicted molar refractivity (Wildman–Crippen MR) is 107 cm³/mol. The molecule has 0 amide bonds. The number of fused-ring (bicyclic) bond motifs is 3. The number of hydrogen-bond donors (Lipinski definition) is 3. The fourth-order valence-electron chi connectivity index (χ4n) is 3.63. The first-order chi connectivity index (χ1) is 13.3. The van der Waals surface area contributed by atoms with Crippen LogP contribution in [0.25, 0.3) is 49.9 Å². The molecule has 27 heavy (non-hydrogen) atoms. The molecule has 0 atom stereocenters. The van der Waals surface area contributed by atoms with Gasteiger partial charge in [0.1, 0.15) is 11.3 Å². The normalized spacial score (nSPS) is 11.7. The first-order valence-electron chi connectivity index (χ1n) is 8.91. The first kappa shape index (κ1) is 14.3. The number of nitrogens with one attached hydrogen (secondary N) is 3. The van der Waals surface area contributed by atoms with Gasteiger partial charge in [0.25, 0.3) is 0 Å². The Bertz CT molecular complexity index is 1400. The molecule has 6 aromatic rings. The summed E-state index contributed by atoms with van der Waals surface area (Å²) < 4.78 is 2.03. The predicted octanol–water partition coefficient (Wildman–Crippen LogP) is 4.47. The second kappa shape index (κ2) is 5.32. The van der Waals surface area contributed by atoms with Crippen molar-refractivity contribution < 1.29 is 4.68 Å². The van der Waals surface area contributed by atoms with Crippen LogP contribution in [0.4, 0.5) is 0 Å². The average molecular weight is 350 g/mol. The summed E-state index contributed by atoms with van der Waals surface area (Å²) in [5, 5.41) is 5.77. The second-order valence-corrected chi connectivity index (χ2v) is 6.76. The molecule has 0 unspecified atom stereocenters. The van der Waals surface area contributed by atoms with Gasteiger partial charge in [-0.3, -0.25) is 0 Å². The van der Waals surface area contributed by atoms with Gasteiger partial charge < -0.3 is 9.97 Å². The molecule has 3 aromatic carbocycles. The molecule has 128 valence electrons. The third-order valence-electron chi connectivity index (χ3n) is 5.04. The smallest absolute Gasteiger partial charge is 0.237 e. The molecular formula is C22H16N5+. The highest BCUT2D eigenvalue weighted by atomic mass is 15.3. The van der Waals surface area contributed by atoms with E-state index in [9.17, 15) is 0 Å². The zero-order chi connectivity index (χ0) is 17.8. The molecule has 3 heterocycles. The van der Waals surface area contributed by atoms with Crippen molar-refractivity contribution in [1.82, 2.24) is 20.1 Å². The van der Waals surface area contributed by atoms with Gasteiger partial charge in [0.2, 0.25) is 11.9 Å². The molecule has 0 saturated carbocycles.